The van der Waals surface area contributed by atoms with Crippen LogP contribution in [0.15, 0.2) is 36.4 Å². The lowest BCUT2D eigenvalue weighted by Crippen LogP contribution is -2.40. The molecule has 0 radical (unpaired) electrons. The molecule has 2 aromatic carbocycles. The normalized spacial score (nSPS) is 17.6. The van der Waals surface area contributed by atoms with Crippen LogP contribution >= 0.6 is 34.8 Å². The van der Waals surface area contributed by atoms with Gasteiger partial charge in [0.05, 0.1) is 18.1 Å². The average molecular weight is 428 g/mol. The number of carbonyl (C=O) groups excluding carboxylic acids is 1. The number of piperidine rings is 1. The number of nitrogens with zero attached hydrogens (tertiary/aromatic N) is 1. The quantitative estimate of drug-likeness (QED) is 0.684. The van der Waals surface area contributed by atoms with E-state index in [2.05, 4.69) is 10.2 Å². The van der Waals surface area contributed by atoms with Gasteiger partial charge in [0.1, 0.15) is 5.75 Å². The third-order valence-corrected chi connectivity index (χ3v) is 5.59. The number of hydrogen-bond donors (Lipinski definition) is 1. The molecule has 0 unspecified atom stereocenters. The molecule has 4 nitrogen and oxygen atoms in total. The summed E-state index contributed by atoms with van der Waals surface area (Å²) in [6.45, 7) is 2.33. The highest BCUT2D eigenvalue weighted by Gasteiger charge is 2.26. The molecule has 27 heavy (non-hydrogen) atoms. The van der Waals surface area contributed by atoms with Gasteiger partial charge in [-0.3, -0.25) is 9.69 Å². The van der Waals surface area contributed by atoms with Crippen molar-refractivity contribution in [1.82, 2.24) is 4.90 Å². The molecule has 1 aliphatic heterocycles. The molecule has 1 N–H and O–H groups in total. The minimum Gasteiger partial charge on any atom is -0.495 e. The summed E-state index contributed by atoms with van der Waals surface area (Å²) in [7, 11) is 1.56. The number of amides is 1. The fraction of sp³-hybridized carbons (Fsp3) is 0.350. The summed E-state index contributed by atoms with van der Waals surface area (Å²) in [5.74, 6) is 0.507. The molecular formula is C20H21Cl3N2O2. The first kappa shape index (κ1) is 20.3. The highest BCUT2D eigenvalue weighted by molar-refractivity contribution is 6.35. The summed E-state index contributed by atoms with van der Waals surface area (Å²) in [6, 6.07) is 10.8. The Labute approximate surface area is 174 Å². The van der Waals surface area contributed by atoms with Gasteiger partial charge in [-0.2, -0.15) is 0 Å². The predicted octanol–water partition coefficient (Wildman–Crippen LogP) is 5.51. The van der Waals surface area contributed by atoms with Gasteiger partial charge < -0.3 is 10.1 Å². The van der Waals surface area contributed by atoms with E-state index in [1.165, 1.54) is 0 Å². The Morgan fingerprint density at radius 1 is 1.19 bits per heavy atom. The van der Waals surface area contributed by atoms with E-state index in [9.17, 15) is 4.79 Å². The molecule has 1 amide bonds. The van der Waals surface area contributed by atoms with Crippen LogP contribution in [0.1, 0.15) is 18.4 Å². The largest absolute Gasteiger partial charge is 0.495 e. The fourth-order valence-corrected chi connectivity index (χ4v) is 4.02. The van der Waals surface area contributed by atoms with E-state index in [0.717, 1.165) is 24.9 Å². The summed E-state index contributed by atoms with van der Waals surface area (Å²) in [6.07, 6.45) is 1.83. The number of methoxy groups -OCH3 is 1. The van der Waals surface area contributed by atoms with Gasteiger partial charge in [-0.1, -0.05) is 40.9 Å². The standard InChI is InChI=1S/C20H21Cl3N2O2/c1-27-19-7-6-16(10-18(19)23)24-20(26)14-3-2-8-25(12-14)11-13-4-5-15(21)9-17(13)22/h4-7,9-10,14H,2-3,8,11-12H2,1H3,(H,24,26)/t14-/m1/s1. The second-order valence-corrected chi connectivity index (χ2v) is 7.90. The topological polar surface area (TPSA) is 41.6 Å². The van der Waals surface area contributed by atoms with Crippen LogP contribution in [0, 0.1) is 5.92 Å². The monoisotopic (exact) mass is 426 g/mol. The van der Waals surface area contributed by atoms with Crippen LogP contribution in [-0.4, -0.2) is 31.0 Å². The number of likely N-dealkylation sites (tertiary alicyclic amines) is 1. The Morgan fingerprint density at radius 3 is 2.70 bits per heavy atom. The van der Waals surface area contributed by atoms with Crippen molar-refractivity contribution < 1.29 is 9.53 Å². The lowest BCUT2D eigenvalue weighted by atomic mass is 9.96. The average Bonchev–Trinajstić information content (AvgIpc) is 2.64. The molecule has 1 aliphatic rings. The summed E-state index contributed by atoms with van der Waals surface area (Å²) >= 11 is 18.4. The molecule has 7 heteroatoms. The van der Waals surface area contributed by atoms with E-state index in [4.69, 9.17) is 39.5 Å². The van der Waals surface area contributed by atoms with Crippen LogP contribution in [0.2, 0.25) is 15.1 Å². The molecule has 1 fully saturated rings. The van der Waals surface area contributed by atoms with Crippen molar-refractivity contribution >= 4 is 46.4 Å². The molecule has 1 saturated heterocycles. The highest BCUT2D eigenvalue weighted by Crippen LogP contribution is 2.29. The zero-order valence-corrected chi connectivity index (χ0v) is 17.2. The fourth-order valence-electron chi connectivity index (χ4n) is 3.29. The molecule has 0 bridgehead atoms. The molecule has 144 valence electrons. The molecule has 2 aromatic rings. The van der Waals surface area contributed by atoms with E-state index in [0.29, 0.717) is 39.6 Å². The Hall–Kier alpha value is -1.46. The number of rotatable bonds is 5. The third-order valence-electron chi connectivity index (χ3n) is 4.70. The molecule has 0 saturated carbocycles. The van der Waals surface area contributed by atoms with Crippen LogP contribution in [0.25, 0.3) is 0 Å². The van der Waals surface area contributed by atoms with E-state index in [1.807, 2.05) is 12.1 Å². The van der Waals surface area contributed by atoms with Crippen molar-refractivity contribution in [2.75, 3.05) is 25.5 Å². The molecule has 0 spiro atoms. The number of nitrogens with one attached hydrogen (secondary N) is 1. The summed E-state index contributed by atoms with van der Waals surface area (Å²) in [5.41, 5.74) is 1.69. The second kappa shape index (κ2) is 9.16. The smallest absolute Gasteiger partial charge is 0.228 e. The van der Waals surface area contributed by atoms with Crippen molar-refractivity contribution in [2.24, 2.45) is 5.92 Å². The Morgan fingerprint density at radius 2 is 2.00 bits per heavy atom. The first-order valence-electron chi connectivity index (χ1n) is 8.77. The highest BCUT2D eigenvalue weighted by atomic mass is 35.5. The van der Waals surface area contributed by atoms with Gasteiger partial charge in [-0.15, -0.1) is 0 Å². The predicted molar refractivity (Wildman–Crippen MR) is 111 cm³/mol. The number of carbonyl (C=O) groups is 1. The minimum atomic E-state index is -0.0781. The maximum absolute atomic E-state index is 12.7. The number of anilines is 1. The lowest BCUT2D eigenvalue weighted by Gasteiger charge is -2.32. The van der Waals surface area contributed by atoms with Crippen LogP contribution in [0.3, 0.4) is 0 Å². The van der Waals surface area contributed by atoms with E-state index in [-0.39, 0.29) is 11.8 Å². The molecule has 3 rings (SSSR count). The summed E-state index contributed by atoms with van der Waals surface area (Å²) in [4.78, 5) is 14.9. The molecule has 1 atom stereocenters. The van der Waals surface area contributed by atoms with Crippen molar-refractivity contribution in [3.8, 4) is 5.75 Å². The van der Waals surface area contributed by atoms with Gasteiger partial charge in [-0.25, -0.2) is 0 Å². The third kappa shape index (κ3) is 5.29. The van der Waals surface area contributed by atoms with Gasteiger partial charge in [-0.05, 0) is 55.3 Å². The van der Waals surface area contributed by atoms with Crippen molar-refractivity contribution in [3.63, 3.8) is 0 Å². The summed E-state index contributed by atoms with van der Waals surface area (Å²) in [5, 5.41) is 4.71. The molecule has 0 aliphatic carbocycles. The first-order chi connectivity index (χ1) is 13.0. The van der Waals surface area contributed by atoms with Gasteiger partial charge >= 0.3 is 0 Å². The molecule has 1 heterocycles. The Bertz CT molecular complexity index is 829. The van der Waals surface area contributed by atoms with E-state index < -0.39 is 0 Å². The number of ether oxygens (including phenoxy) is 1. The molecule has 0 aromatic heterocycles. The van der Waals surface area contributed by atoms with Gasteiger partial charge in [0.25, 0.3) is 0 Å². The Balaban J connectivity index is 1.61. The van der Waals surface area contributed by atoms with Crippen LogP contribution in [0.5, 0.6) is 5.75 Å². The maximum Gasteiger partial charge on any atom is 0.228 e. The van der Waals surface area contributed by atoms with Gasteiger partial charge in [0, 0.05) is 28.8 Å². The number of benzene rings is 2. The summed E-state index contributed by atoms with van der Waals surface area (Å²) < 4.78 is 5.14. The molecular weight excluding hydrogens is 407 g/mol. The van der Waals surface area contributed by atoms with Gasteiger partial charge in [0.15, 0.2) is 0 Å². The lowest BCUT2D eigenvalue weighted by molar-refractivity contribution is -0.121. The van der Waals surface area contributed by atoms with Crippen molar-refractivity contribution in [2.45, 2.75) is 19.4 Å². The van der Waals surface area contributed by atoms with E-state index in [1.54, 1.807) is 31.4 Å². The van der Waals surface area contributed by atoms with E-state index >= 15 is 0 Å². The second-order valence-electron chi connectivity index (χ2n) is 6.65. The minimum absolute atomic E-state index is 0.00290. The SMILES string of the molecule is COc1ccc(NC(=O)[C@@H]2CCCN(Cc3ccc(Cl)cc3Cl)C2)cc1Cl. The maximum atomic E-state index is 12.7. The number of halogens is 3. The van der Waals surface area contributed by atoms with Gasteiger partial charge in [0.2, 0.25) is 5.91 Å². The Kier molecular flexibility index (Phi) is 6.88. The van der Waals surface area contributed by atoms with Crippen LogP contribution in [-0.2, 0) is 11.3 Å². The van der Waals surface area contributed by atoms with Crippen LogP contribution in [0.4, 0.5) is 5.69 Å². The zero-order chi connectivity index (χ0) is 19.4. The first-order valence-corrected chi connectivity index (χ1v) is 9.90. The zero-order valence-electron chi connectivity index (χ0n) is 15.0. The van der Waals surface area contributed by atoms with Crippen molar-refractivity contribution in [1.29, 1.82) is 0 Å². The van der Waals surface area contributed by atoms with Crippen molar-refractivity contribution in [3.05, 3.63) is 57.0 Å². The number of hydrogen-bond acceptors (Lipinski definition) is 3. The van der Waals surface area contributed by atoms with Crippen LogP contribution < -0.4 is 10.1 Å².